The third-order valence-corrected chi connectivity index (χ3v) is 4.84. The quantitative estimate of drug-likeness (QED) is 0.794. The van der Waals surface area contributed by atoms with E-state index >= 15 is 0 Å². The Hall–Kier alpha value is -3.45. The number of esters is 1. The van der Waals surface area contributed by atoms with Crippen molar-refractivity contribution < 1.29 is 14.6 Å². The van der Waals surface area contributed by atoms with Gasteiger partial charge in [-0.3, -0.25) is 4.90 Å². The van der Waals surface area contributed by atoms with Crippen LogP contribution >= 0.6 is 0 Å². The van der Waals surface area contributed by atoms with Gasteiger partial charge in [-0.25, -0.2) is 9.79 Å². The van der Waals surface area contributed by atoms with Crippen LogP contribution in [0.2, 0.25) is 0 Å². The number of anilines is 1. The number of para-hydroxylation sites is 1. The molecule has 7 nitrogen and oxygen atoms in total. The van der Waals surface area contributed by atoms with E-state index in [0.29, 0.717) is 23.1 Å². The Morgan fingerprint density at radius 3 is 2.38 bits per heavy atom. The molecular weight excluding hydrogens is 368 g/mol. The minimum absolute atomic E-state index is 0.269. The smallest absolute Gasteiger partial charge is 0.338 e. The second kappa shape index (κ2) is 7.89. The van der Waals surface area contributed by atoms with E-state index in [9.17, 15) is 9.90 Å². The SMILES string of the molecule is CCOC(=O)C1=C(C)N=C2N(c3ccccc3)N=C(CO)N2C1c1ccccc1. The number of allylic oxidation sites excluding steroid dienone is 1. The summed E-state index contributed by atoms with van der Waals surface area (Å²) in [5, 5.41) is 16.3. The van der Waals surface area contributed by atoms with Crippen LogP contribution in [0.3, 0.4) is 0 Å². The minimum Gasteiger partial charge on any atom is -0.463 e. The summed E-state index contributed by atoms with van der Waals surface area (Å²) in [7, 11) is 0. The number of carbonyl (C=O) groups excluding carboxylic acids is 1. The van der Waals surface area contributed by atoms with Crippen LogP contribution in [0.15, 0.2) is 82.0 Å². The number of nitrogens with zero attached hydrogens (tertiary/aromatic N) is 4. The summed E-state index contributed by atoms with van der Waals surface area (Å²) in [6, 6.07) is 18.7. The Bertz CT molecular complexity index is 999. The van der Waals surface area contributed by atoms with Crippen molar-refractivity contribution in [2.24, 2.45) is 10.1 Å². The number of aliphatic imine (C=N–C) groups is 1. The number of fused-ring (bicyclic) bond motifs is 1. The van der Waals surface area contributed by atoms with Crippen molar-refractivity contribution in [1.82, 2.24) is 4.90 Å². The highest BCUT2D eigenvalue weighted by molar-refractivity contribution is 6.15. The summed E-state index contributed by atoms with van der Waals surface area (Å²) in [6.45, 7) is 3.55. The first-order valence-electron chi connectivity index (χ1n) is 9.50. The fourth-order valence-electron chi connectivity index (χ4n) is 3.60. The van der Waals surface area contributed by atoms with Gasteiger partial charge in [-0.2, -0.15) is 5.01 Å². The molecule has 2 aromatic rings. The van der Waals surface area contributed by atoms with Gasteiger partial charge in [0.15, 0.2) is 5.84 Å². The maximum Gasteiger partial charge on any atom is 0.338 e. The first kappa shape index (κ1) is 18.9. The van der Waals surface area contributed by atoms with Crippen molar-refractivity contribution in [3.63, 3.8) is 0 Å². The summed E-state index contributed by atoms with van der Waals surface area (Å²) < 4.78 is 5.32. The van der Waals surface area contributed by atoms with E-state index in [-0.39, 0.29) is 13.2 Å². The van der Waals surface area contributed by atoms with E-state index in [1.165, 1.54) is 0 Å². The fraction of sp³-hybridized carbons (Fsp3) is 0.227. The zero-order chi connectivity index (χ0) is 20.4. The number of rotatable bonds is 5. The zero-order valence-corrected chi connectivity index (χ0v) is 16.3. The van der Waals surface area contributed by atoms with Crippen molar-refractivity contribution in [2.75, 3.05) is 18.2 Å². The molecule has 29 heavy (non-hydrogen) atoms. The van der Waals surface area contributed by atoms with Gasteiger partial charge in [-0.15, -0.1) is 5.10 Å². The summed E-state index contributed by atoms with van der Waals surface area (Å²) >= 11 is 0. The molecule has 0 fully saturated rings. The number of ether oxygens (including phenoxy) is 1. The summed E-state index contributed by atoms with van der Waals surface area (Å²) in [6.07, 6.45) is 0. The number of benzene rings is 2. The van der Waals surface area contributed by atoms with Gasteiger partial charge in [0, 0.05) is 0 Å². The number of guanidine groups is 1. The first-order chi connectivity index (χ1) is 14.2. The standard InChI is InChI=1S/C22H22N4O3/c1-3-29-21(28)19-15(2)23-22-25(20(19)16-10-6-4-7-11-16)18(14-27)24-26(22)17-12-8-5-9-13-17/h4-13,20,27H,3,14H2,1-2H3. The summed E-state index contributed by atoms with van der Waals surface area (Å²) in [4.78, 5) is 19.3. The number of amidine groups is 1. The van der Waals surface area contributed by atoms with Gasteiger partial charge in [-0.1, -0.05) is 48.5 Å². The monoisotopic (exact) mass is 390 g/mol. The van der Waals surface area contributed by atoms with Crippen LogP contribution in [0.5, 0.6) is 0 Å². The van der Waals surface area contributed by atoms with Gasteiger partial charge in [0.2, 0.25) is 5.96 Å². The molecular formula is C22H22N4O3. The number of hydrazone groups is 1. The Morgan fingerprint density at radius 1 is 1.10 bits per heavy atom. The van der Waals surface area contributed by atoms with Crippen molar-refractivity contribution in [3.05, 3.63) is 77.5 Å². The molecule has 148 valence electrons. The van der Waals surface area contributed by atoms with Crippen molar-refractivity contribution in [2.45, 2.75) is 19.9 Å². The summed E-state index contributed by atoms with van der Waals surface area (Å²) in [5.74, 6) is 0.535. The van der Waals surface area contributed by atoms with Crippen molar-refractivity contribution >= 4 is 23.5 Å². The topological polar surface area (TPSA) is 77.7 Å². The molecule has 0 saturated heterocycles. The number of carbonyl (C=O) groups is 1. The molecule has 2 aliphatic rings. The van der Waals surface area contributed by atoms with Gasteiger partial charge in [0.25, 0.3) is 0 Å². The Balaban J connectivity index is 1.89. The maximum absolute atomic E-state index is 12.8. The lowest BCUT2D eigenvalue weighted by molar-refractivity contribution is -0.139. The highest BCUT2D eigenvalue weighted by Gasteiger charge is 2.44. The average Bonchev–Trinajstić information content (AvgIpc) is 3.12. The van der Waals surface area contributed by atoms with E-state index in [1.54, 1.807) is 18.9 Å². The molecule has 1 atom stereocenters. The van der Waals surface area contributed by atoms with Crippen molar-refractivity contribution in [1.29, 1.82) is 0 Å². The molecule has 0 amide bonds. The van der Waals surface area contributed by atoms with Gasteiger partial charge in [0.1, 0.15) is 6.61 Å². The van der Waals surface area contributed by atoms with Crippen LogP contribution in [0.25, 0.3) is 0 Å². The minimum atomic E-state index is -0.498. The molecule has 4 rings (SSSR count). The Kier molecular flexibility index (Phi) is 5.14. The molecule has 2 heterocycles. The molecule has 1 unspecified atom stereocenters. The zero-order valence-electron chi connectivity index (χ0n) is 16.3. The van der Waals surface area contributed by atoms with E-state index in [4.69, 9.17) is 4.74 Å². The molecule has 0 aliphatic carbocycles. The first-order valence-corrected chi connectivity index (χ1v) is 9.50. The average molecular weight is 390 g/mol. The summed E-state index contributed by atoms with van der Waals surface area (Å²) in [5.41, 5.74) is 2.72. The molecule has 0 saturated carbocycles. The number of hydrogen-bond donors (Lipinski definition) is 1. The Morgan fingerprint density at radius 2 is 1.76 bits per heavy atom. The van der Waals surface area contributed by atoms with E-state index in [0.717, 1.165) is 11.3 Å². The third-order valence-electron chi connectivity index (χ3n) is 4.84. The lowest BCUT2D eigenvalue weighted by Gasteiger charge is -2.35. The third kappa shape index (κ3) is 3.30. The maximum atomic E-state index is 12.8. The fourth-order valence-corrected chi connectivity index (χ4v) is 3.60. The molecule has 2 aromatic carbocycles. The predicted molar refractivity (Wildman–Crippen MR) is 111 cm³/mol. The van der Waals surface area contributed by atoms with Crippen LogP contribution in [0.1, 0.15) is 25.5 Å². The van der Waals surface area contributed by atoms with E-state index < -0.39 is 12.0 Å². The molecule has 0 radical (unpaired) electrons. The lowest BCUT2D eigenvalue weighted by Crippen LogP contribution is -2.45. The number of aliphatic hydroxyl groups excluding tert-OH is 1. The largest absolute Gasteiger partial charge is 0.463 e. The van der Waals surface area contributed by atoms with Gasteiger partial charge in [-0.05, 0) is 31.5 Å². The molecule has 2 aliphatic heterocycles. The second-order valence-corrected chi connectivity index (χ2v) is 6.64. The van der Waals surface area contributed by atoms with Crippen LogP contribution in [0.4, 0.5) is 5.69 Å². The Labute approximate surface area is 169 Å². The molecule has 0 aromatic heterocycles. The number of aliphatic hydroxyl groups is 1. The van der Waals surface area contributed by atoms with Crippen molar-refractivity contribution in [3.8, 4) is 0 Å². The molecule has 7 heteroatoms. The van der Waals surface area contributed by atoms with Crippen LogP contribution in [0, 0.1) is 0 Å². The second-order valence-electron chi connectivity index (χ2n) is 6.64. The van der Waals surface area contributed by atoms with Crippen LogP contribution < -0.4 is 5.01 Å². The predicted octanol–water partition coefficient (Wildman–Crippen LogP) is 3.06. The number of hydrogen-bond acceptors (Lipinski definition) is 7. The van der Waals surface area contributed by atoms with E-state index in [1.807, 2.05) is 65.6 Å². The molecule has 0 spiro atoms. The molecule has 0 bridgehead atoms. The lowest BCUT2D eigenvalue weighted by atomic mass is 9.94. The van der Waals surface area contributed by atoms with Gasteiger partial charge < -0.3 is 9.84 Å². The highest BCUT2D eigenvalue weighted by atomic mass is 16.5. The van der Waals surface area contributed by atoms with Gasteiger partial charge in [0.05, 0.1) is 29.6 Å². The van der Waals surface area contributed by atoms with Gasteiger partial charge >= 0.3 is 5.97 Å². The van der Waals surface area contributed by atoms with Crippen LogP contribution in [-0.2, 0) is 9.53 Å². The normalized spacial score (nSPS) is 18.4. The highest BCUT2D eigenvalue weighted by Crippen LogP contribution is 2.39. The van der Waals surface area contributed by atoms with E-state index in [2.05, 4.69) is 10.1 Å². The van der Waals surface area contributed by atoms with Crippen LogP contribution in [-0.4, -0.2) is 41.0 Å². The molecule has 1 N–H and O–H groups in total.